The molecule has 0 spiro atoms. The summed E-state index contributed by atoms with van der Waals surface area (Å²) in [7, 11) is 0. The van der Waals surface area contributed by atoms with Crippen molar-refractivity contribution in [3.8, 4) is 0 Å². The molecule has 1 heterocycles. The molecule has 4 aromatic rings. The first-order chi connectivity index (χ1) is 17.5. The molecule has 36 heavy (non-hydrogen) atoms. The van der Waals surface area contributed by atoms with Crippen LogP contribution in [0.2, 0.25) is 5.02 Å². The number of carbonyl (C=O) groups excluding carboxylic acids is 1. The second-order valence-corrected chi connectivity index (χ2v) is 9.71. The number of furan rings is 1. The second kappa shape index (κ2) is 12.6. The van der Waals surface area contributed by atoms with Crippen molar-refractivity contribution in [1.82, 2.24) is 9.80 Å². The molecule has 0 aliphatic rings. The van der Waals surface area contributed by atoms with Gasteiger partial charge in [0.2, 0.25) is 0 Å². The smallest absolute Gasteiger partial charge is 0.289 e. The maximum Gasteiger partial charge on any atom is 0.289 e. The minimum atomic E-state index is -0.0942. The van der Waals surface area contributed by atoms with E-state index in [9.17, 15) is 4.79 Å². The van der Waals surface area contributed by atoms with Crippen LogP contribution in [0.1, 0.15) is 46.9 Å². The SMILES string of the molecule is CC(C)N(Cc1ccc(C(=O)N(CCc2ccccc2)Cc2ccccc2)o1)Cc1ccccc1Cl. The highest BCUT2D eigenvalue weighted by Gasteiger charge is 2.21. The molecule has 0 fully saturated rings. The minimum absolute atomic E-state index is 0.0942. The van der Waals surface area contributed by atoms with Gasteiger partial charge in [0.15, 0.2) is 5.76 Å². The van der Waals surface area contributed by atoms with Crippen LogP contribution in [0.5, 0.6) is 0 Å². The van der Waals surface area contributed by atoms with Gasteiger partial charge in [-0.05, 0) is 55.2 Å². The highest BCUT2D eigenvalue weighted by atomic mass is 35.5. The molecule has 4 nitrogen and oxygen atoms in total. The molecular formula is C31H33ClN2O2. The molecule has 0 saturated heterocycles. The van der Waals surface area contributed by atoms with E-state index in [4.69, 9.17) is 16.0 Å². The zero-order valence-corrected chi connectivity index (χ0v) is 21.7. The van der Waals surface area contributed by atoms with Crippen molar-refractivity contribution in [2.75, 3.05) is 6.54 Å². The molecule has 0 bridgehead atoms. The molecule has 3 aromatic carbocycles. The van der Waals surface area contributed by atoms with E-state index in [1.807, 2.05) is 83.8 Å². The van der Waals surface area contributed by atoms with Crippen molar-refractivity contribution >= 4 is 17.5 Å². The van der Waals surface area contributed by atoms with Crippen molar-refractivity contribution in [1.29, 1.82) is 0 Å². The fourth-order valence-corrected chi connectivity index (χ4v) is 4.36. The Bertz CT molecular complexity index is 1240. The Hall–Kier alpha value is -3.34. The van der Waals surface area contributed by atoms with Crippen LogP contribution in [0.15, 0.2) is 101 Å². The van der Waals surface area contributed by atoms with Crippen LogP contribution in [-0.4, -0.2) is 28.3 Å². The lowest BCUT2D eigenvalue weighted by Crippen LogP contribution is -2.32. The number of amides is 1. The number of nitrogens with zero attached hydrogens (tertiary/aromatic N) is 2. The van der Waals surface area contributed by atoms with E-state index in [1.165, 1.54) is 5.56 Å². The summed E-state index contributed by atoms with van der Waals surface area (Å²) < 4.78 is 6.10. The van der Waals surface area contributed by atoms with Gasteiger partial charge in [-0.15, -0.1) is 0 Å². The zero-order valence-electron chi connectivity index (χ0n) is 20.9. The number of benzene rings is 3. The van der Waals surface area contributed by atoms with Crippen LogP contribution in [0.4, 0.5) is 0 Å². The molecule has 0 saturated carbocycles. The quantitative estimate of drug-likeness (QED) is 0.218. The van der Waals surface area contributed by atoms with Gasteiger partial charge in [-0.3, -0.25) is 9.69 Å². The van der Waals surface area contributed by atoms with Crippen molar-refractivity contribution in [2.45, 2.75) is 45.9 Å². The summed E-state index contributed by atoms with van der Waals surface area (Å²) in [4.78, 5) is 17.7. The molecule has 1 aromatic heterocycles. The average Bonchev–Trinajstić information content (AvgIpc) is 3.37. The van der Waals surface area contributed by atoms with Crippen molar-refractivity contribution in [3.05, 3.63) is 130 Å². The van der Waals surface area contributed by atoms with Crippen LogP contribution in [0, 0.1) is 0 Å². The van der Waals surface area contributed by atoms with Crippen molar-refractivity contribution in [3.63, 3.8) is 0 Å². The molecule has 186 valence electrons. The van der Waals surface area contributed by atoms with Crippen LogP contribution in [0.25, 0.3) is 0 Å². The van der Waals surface area contributed by atoms with Crippen LogP contribution >= 0.6 is 11.6 Å². The monoisotopic (exact) mass is 500 g/mol. The van der Waals surface area contributed by atoms with Gasteiger partial charge in [-0.2, -0.15) is 0 Å². The molecule has 4 rings (SSSR count). The van der Waals surface area contributed by atoms with Gasteiger partial charge >= 0.3 is 0 Å². The third-order valence-electron chi connectivity index (χ3n) is 6.31. The largest absolute Gasteiger partial charge is 0.455 e. The Morgan fingerprint density at radius 3 is 2.08 bits per heavy atom. The summed E-state index contributed by atoms with van der Waals surface area (Å²) in [6.45, 7) is 6.75. The number of hydrogen-bond donors (Lipinski definition) is 0. The average molecular weight is 501 g/mol. The van der Waals surface area contributed by atoms with E-state index in [1.54, 1.807) is 6.07 Å². The number of rotatable bonds is 11. The van der Waals surface area contributed by atoms with E-state index in [2.05, 4.69) is 30.9 Å². The Morgan fingerprint density at radius 2 is 1.42 bits per heavy atom. The van der Waals surface area contributed by atoms with Gasteiger partial charge in [0.25, 0.3) is 5.91 Å². The second-order valence-electron chi connectivity index (χ2n) is 9.30. The summed E-state index contributed by atoms with van der Waals surface area (Å²) in [5.74, 6) is 1.04. The van der Waals surface area contributed by atoms with Gasteiger partial charge < -0.3 is 9.32 Å². The standard InChI is InChI=1S/C31H33ClN2O2/c1-24(2)34(22-27-15-9-10-16-29(27)32)23-28-17-18-30(36-28)31(35)33(21-26-13-7-4-8-14-26)20-19-25-11-5-3-6-12-25/h3-18,24H,19-23H2,1-2H3. The van der Waals surface area contributed by atoms with Crippen LogP contribution in [-0.2, 0) is 26.1 Å². The topological polar surface area (TPSA) is 36.7 Å². The van der Waals surface area contributed by atoms with Crippen molar-refractivity contribution < 1.29 is 9.21 Å². The van der Waals surface area contributed by atoms with Gasteiger partial charge in [-0.1, -0.05) is 90.5 Å². The molecule has 5 heteroatoms. The lowest BCUT2D eigenvalue weighted by Gasteiger charge is -2.26. The first kappa shape index (κ1) is 25.7. The van der Waals surface area contributed by atoms with Crippen LogP contribution in [0.3, 0.4) is 0 Å². The van der Waals surface area contributed by atoms with E-state index in [-0.39, 0.29) is 11.9 Å². The third-order valence-corrected chi connectivity index (χ3v) is 6.68. The van der Waals surface area contributed by atoms with Crippen LogP contribution < -0.4 is 0 Å². The molecule has 0 radical (unpaired) electrons. The summed E-state index contributed by atoms with van der Waals surface area (Å²) in [5, 5.41) is 0.758. The van der Waals surface area contributed by atoms with E-state index in [0.717, 1.165) is 28.3 Å². The first-order valence-electron chi connectivity index (χ1n) is 12.4. The Balaban J connectivity index is 1.48. The highest BCUT2D eigenvalue weighted by molar-refractivity contribution is 6.31. The predicted molar refractivity (Wildman–Crippen MR) is 146 cm³/mol. The molecule has 0 aliphatic heterocycles. The number of halogens is 1. The molecule has 0 atom stereocenters. The highest BCUT2D eigenvalue weighted by Crippen LogP contribution is 2.21. The van der Waals surface area contributed by atoms with E-state index >= 15 is 0 Å². The number of hydrogen-bond acceptors (Lipinski definition) is 3. The fourth-order valence-electron chi connectivity index (χ4n) is 4.17. The predicted octanol–water partition coefficient (Wildman–Crippen LogP) is 7.23. The van der Waals surface area contributed by atoms with E-state index in [0.29, 0.717) is 31.9 Å². The Labute approximate surface area is 219 Å². The fraction of sp³-hybridized carbons (Fsp3) is 0.258. The summed E-state index contributed by atoms with van der Waals surface area (Å²) in [6.07, 6.45) is 0.784. The molecule has 1 amide bonds. The maximum absolute atomic E-state index is 13.5. The van der Waals surface area contributed by atoms with Gasteiger partial charge in [0, 0.05) is 30.7 Å². The lowest BCUT2D eigenvalue weighted by molar-refractivity contribution is 0.0708. The number of carbonyl (C=O) groups is 1. The van der Waals surface area contributed by atoms with Crippen molar-refractivity contribution in [2.24, 2.45) is 0 Å². The summed E-state index contributed by atoms with van der Waals surface area (Å²) >= 11 is 6.40. The normalized spacial score (nSPS) is 11.2. The van der Waals surface area contributed by atoms with E-state index < -0.39 is 0 Å². The molecule has 0 N–H and O–H groups in total. The van der Waals surface area contributed by atoms with Gasteiger partial charge in [0.05, 0.1) is 6.54 Å². The summed E-state index contributed by atoms with van der Waals surface area (Å²) in [5.41, 5.74) is 3.37. The molecular weight excluding hydrogens is 468 g/mol. The van der Waals surface area contributed by atoms with Gasteiger partial charge in [-0.25, -0.2) is 0 Å². The Kier molecular flexibility index (Phi) is 8.99. The summed E-state index contributed by atoms with van der Waals surface area (Å²) in [6, 6.07) is 32.2. The molecule has 0 unspecified atom stereocenters. The van der Waals surface area contributed by atoms with Gasteiger partial charge in [0.1, 0.15) is 5.76 Å². The third kappa shape index (κ3) is 7.09. The lowest BCUT2D eigenvalue weighted by atomic mass is 10.1. The first-order valence-corrected chi connectivity index (χ1v) is 12.8. The minimum Gasteiger partial charge on any atom is -0.455 e. The molecule has 0 aliphatic carbocycles. The maximum atomic E-state index is 13.5. The Morgan fingerprint density at radius 1 is 0.778 bits per heavy atom. The zero-order chi connectivity index (χ0) is 25.3.